The Balaban J connectivity index is 1.75. The molecular formula is C14H15N3OS. The summed E-state index contributed by atoms with van der Waals surface area (Å²) in [5, 5.41) is 3.76. The van der Waals surface area contributed by atoms with Crippen molar-refractivity contribution in [3.05, 3.63) is 48.4 Å². The smallest absolute Gasteiger partial charge is 0.225 e. The highest BCUT2D eigenvalue weighted by molar-refractivity contribution is 7.99. The van der Waals surface area contributed by atoms with Gasteiger partial charge < -0.3 is 5.32 Å². The summed E-state index contributed by atoms with van der Waals surface area (Å²) in [5.74, 6) is 0.722. The molecule has 0 atom stereocenters. The van der Waals surface area contributed by atoms with Gasteiger partial charge in [-0.15, -0.1) is 11.8 Å². The Morgan fingerprint density at radius 1 is 1.26 bits per heavy atom. The van der Waals surface area contributed by atoms with Crippen LogP contribution in [0, 0.1) is 6.92 Å². The largest absolute Gasteiger partial charge is 0.326 e. The van der Waals surface area contributed by atoms with E-state index in [1.54, 1.807) is 18.1 Å². The lowest BCUT2D eigenvalue weighted by molar-refractivity contribution is -0.115. The molecule has 2 aromatic rings. The van der Waals surface area contributed by atoms with Gasteiger partial charge in [-0.1, -0.05) is 18.2 Å². The van der Waals surface area contributed by atoms with Gasteiger partial charge in [0.15, 0.2) is 0 Å². The Morgan fingerprint density at radius 3 is 2.79 bits per heavy atom. The number of hydrogen-bond acceptors (Lipinski definition) is 4. The number of nitrogens with zero attached hydrogens (tertiary/aromatic N) is 2. The molecule has 0 spiro atoms. The fourth-order valence-electron chi connectivity index (χ4n) is 1.50. The van der Waals surface area contributed by atoms with Crippen molar-refractivity contribution in [2.24, 2.45) is 0 Å². The number of para-hydroxylation sites is 1. The van der Waals surface area contributed by atoms with Gasteiger partial charge in [0.25, 0.3) is 0 Å². The summed E-state index contributed by atoms with van der Waals surface area (Å²) >= 11 is 1.56. The van der Waals surface area contributed by atoms with Gasteiger partial charge in [-0.05, 0) is 25.1 Å². The molecule has 0 bridgehead atoms. The minimum atomic E-state index is 0.0180. The summed E-state index contributed by atoms with van der Waals surface area (Å²) in [7, 11) is 0. The number of aryl methyl sites for hydroxylation is 1. The molecule has 5 heteroatoms. The van der Waals surface area contributed by atoms with E-state index in [1.165, 1.54) is 0 Å². The topological polar surface area (TPSA) is 54.9 Å². The summed E-state index contributed by atoms with van der Waals surface area (Å²) in [6, 6.07) is 11.4. The van der Waals surface area contributed by atoms with Crippen LogP contribution in [0.2, 0.25) is 0 Å². The number of rotatable bonds is 5. The second-order valence-corrected chi connectivity index (χ2v) is 5.13. The van der Waals surface area contributed by atoms with E-state index in [1.807, 2.05) is 43.3 Å². The summed E-state index contributed by atoms with van der Waals surface area (Å²) in [5.41, 5.74) is 1.77. The number of hydrogen-bond donors (Lipinski definition) is 1. The maximum atomic E-state index is 11.7. The zero-order chi connectivity index (χ0) is 13.5. The summed E-state index contributed by atoms with van der Waals surface area (Å²) in [6.07, 6.45) is 2.00. The zero-order valence-corrected chi connectivity index (χ0v) is 11.5. The molecule has 19 heavy (non-hydrogen) atoms. The first-order chi connectivity index (χ1) is 9.24. The number of carbonyl (C=O) groups is 1. The molecule has 1 amide bonds. The lowest BCUT2D eigenvalue weighted by Crippen LogP contribution is -2.11. The molecule has 0 unspecified atom stereocenters. The van der Waals surface area contributed by atoms with Crippen molar-refractivity contribution in [2.75, 3.05) is 11.1 Å². The van der Waals surface area contributed by atoms with Crippen molar-refractivity contribution >= 4 is 23.4 Å². The molecule has 1 aromatic carbocycles. The Bertz CT molecular complexity index is 545. The molecule has 0 saturated heterocycles. The standard InChI is InChI=1S/C14H15N3OS/c1-11-9-14(16-10-15-11)19-8-7-13(18)17-12-5-3-2-4-6-12/h2-6,9-10H,7-8H2,1H3,(H,17,18). The molecule has 0 aliphatic carbocycles. The monoisotopic (exact) mass is 273 g/mol. The van der Waals surface area contributed by atoms with Crippen molar-refractivity contribution in [2.45, 2.75) is 18.4 Å². The van der Waals surface area contributed by atoms with Crippen molar-refractivity contribution in [3.8, 4) is 0 Å². The van der Waals surface area contributed by atoms with Crippen LogP contribution in [0.1, 0.15) is 12.1 Å². The van der Waals surface area contributed by atoms with E-state index in [0.717, 1.165) is 16.4 Å². The van der Waals surface area contributed by atoms with E-state index in [9.17, 15) is 4.79 Å². The third-order valence-corrected chi connectivity index (χ3v) is 3.34. The van der Waals surface area contributed by atoms with Crippen LogP contribution in [0.5, 0.6) is 0 Å². The van der Waals surface area contributed by atoms with Crippen molar-refractivity contribution in [1.29, 1.82) is 0 Å². The SMILES string of the molecule is Cc1cc(SCCC(=O)Nc2ccccc2)ncn1. The molecule has 98 valence electrons. The fourth-order valence-corrected chi connectivity index (χ4v) is 2.37. The van der Waals surface area contributed by atoms with E-state index in [2.05, 4.69) is 15.3 Å². The molecular weight excluding hydrogens is 258 g/mol. The van der Waals surface area contributed by atoms with Gasteiger partial charge in [0.2, 0.25) is 5.91 Å². The maximum Gasteiger partial charge on any atom is 0.225 e. The normalized spacial score (nSPS) is 10.2. The van der Waals surface area contributed by atoms with Crippen LogP contribution in [0.15, 0.2) is 47.8 Å². The first-order valence-electron chi connectivity index (χ1n) is 6.00. The van der Waals surface area contributed by atoms with E-state index >= 15 is 0 Å². The second kappa shape index (κ2) is 6.89. The van der Waals surface area contributed by atoms with Crippen LogP contribution in [-0.2, 0) is 4.79 Å². The van der Waals surface area contributed by atoms with Crippen LogP contribution < -0.4 is 5.32 Å². The molecule has 0 aliphatic rings. The van der Waals surface area contributed by atoms with Gasteiger partial charge in [-0.25, -0.2) is 9.97 Å². The second-order valence-electron chi connectivity index (χ2n) is 4.01. The van der Waals surface area contributed by atoms with Crippen LogP contribution in [0.4, 0.5) is 5.69 Å². The van der Waals surface area contributed by atoms with Gasteiger partial charge in [-0.3, -0.25) is 4.79 Å². The first-order valence-corrected chi connectivity index (χ1v) is 6.99. The highest BCUT2D eigenvalue weighted by Crippen LogP contribution is 2.16. The molecule has 4 nitrogen and oxygen atoms in total. The van der Waals surface area contributed by atoms with E-state index < -0.39 is 0 Å². The quantitative estimate of drug-likeness (QED) is 0.672. The number of amides is 1. The molecule has 1 N–H and O–H groups in total. The van der Waals surface area contributed by atoms with E-state index in [0.29, 0.717) is 12.2 Å². The highest BCUT2D eigenvalue weighted by atomic mass is 32.2. The van der Waals surface area contributed by atoms with E-state index in [4.69, 9.17) is 0 Å². The molecule has 1 aromatic heterocycles. The molecule has 2 rings (SSSR count). The number of anilines is 1. The van der Waals surface area contributed by atoms with Crippen LogP contribution in [-0.4, -0.2) is 21.6 Å². The van der Waals surface area contributed by atoms with Crippen LogP contribution in [0.25, 0.3) is 0 Å². The summed E-state index contributed by atoms with van der Waals surface area (Å²) in [6.45, 7) is 1.92. The first kappa shape index (κ1) is 13.5. The Labute approximate surface area is 116 Å². The van der Waals surface area contributed by atoms with Crippen molar-refractivity contribution in [1.82, 2.24) is 9.97 Å². The summed E-state index contributed by atoms with van der Waals surface area (Å²) in [4.78, 5) is 19.9. The van der Waals surface area contributed by atoms with Crippen molar-refractivity contribution < 1.29 is 4.79 Å². The lowest BCUT2D eigenvalue weighted by atomic mass is 10.3. The lowest BCUT2D eigenvalue weighted by Gasteiger charge is -2.04. The Kier molecular flexibility index (Phi) is 4.92. The Morgan fingerprint density at radius 2 is 2.05 bits per heavy atom. The number of carbonyl (C=O) groups excluding carboxylic acids is 1. The Hall–Kier alpha value is -1.88. The third-order valence-electron chi connectivity index (χ3n) is 2.42. The molecule has 0 radical (unpaired) electrons. The van der Waals surface area contributed by atoms with Gasteiger partial charge in [0.05, 0.1) is 5.03 Å². The number of benzene rings is 1. The third kappa shape index (κ3) is 4.71. The van der Waals surface area contributed by atoms with Gasteiger partial charge >= 0.3 is 0 Å². The minimum Gasteiger partial charge on any atom is -0.326 e. The molecule has 1 heterocycles. The van der Waals surface area contributed by atoms with Gasteiger partial charge in [0.1, 0.15) is 6.33 Å². The average Bonchev–Trinajstić information content (AvgIpc) is 2.40. The van der Waals surface area contributed by atoms with Gasteiger partial charge in [-0.2, -0.15) is 0 Å². The van der Waals surface area contributed by atoms with Crippen LogP contribution in [0.3, 0.4) is 0 Å². The predicted octanol–water partition coefficient (Wildman–Crippen LogP) is 2.91. The molecule has 0 aliphatic heterocycles. The van der Waals surface area contributed by atoms with Crippen molar-refractivity contribution in [3.63, 3.8) is 0 Å². The fraction of sp³-hybridized carbons (Fsp3) is 0.214. The highest BCUT2D eigenvalue weighted by Gasteiger charge is 2.03. The van der Waals surface area contributed by atoms with E-state index in [-0.39, 0.29) is 5.91 Å². The molecule has 0 saturated carbocycles. The maximum absolute atomic E-state index is 11.7. The minimum absolute atomic E-state index is 0.0180. The molecule has 0 fully saturated rings. The number of thioether (sulfide) groups is 1. The average molecular weight is 273 g/mol. The van der Waals surface area contributed by atoms with Gasteiger partial charge in [0, 0.05) is 23.6 Å². The summed E-state index contributed by atoms with van der Waals surface area (Å²) < 4.78 is 0. The zero-order valence-electron chi connectivity index (χ0n) is 10.7. The van der Waals surface area contributed by atoms with Crippen LogP contribution >= 0.6 is 11.8 Å². The predicted molar refractivity (Wildman–Crippen MR) is 77.2 cm³/mol. The number of aromatic nitrogens is 2. The number of nitrogens with one attached hydrogen (secondary N) is 1.